The van der Waals surface area contributed by atoms with Crippen LogP contribution in [0.3, 0.4) is 0 Å². The Hall–Kier alpha value is -4.50. The van der Waals surface area contributed by atoms with Crippen molar-refractivity contribution < 1.29 is 9.16 Å². The van der Waals surface area contributed by atoms with Gasteiger partial charge < -0.3 is 19.4 Å². The van der Waals surface area contributed by atoms with Crippen LogP contribution in [0, 0.1) is 11.3 Å². The molecule has 12 heteroatoms. The fraction of sp³-hybridized carbons (Fsp3) is 0.308. The SMILES string of the molecule is COc1cc(N2CCCCC2)ccc1Nc1ncc(-c2ccc(C#N)c(O[Si](C)Cn3cnnn3)c2)cn1. The standard InChI is InChI=1S/C26H28N9O2Si/c1-36-25-13-22(34-10-4-3-5-11-34)8-9-23(25)31-26-28-15-21(16-29-26)19-6-7-20(14-27)24(12-19)37-38(2)18-35-17-30-32-33-35/h6-9,12-13,15-17H,3-5,10-11,18H2,1-2H3,(H,28,29,31). The molecule has 5 rings (SSSR count). The van der Waals surface area contributed by atoms with Crippen molar-refractivity contribution >= 4 is 26.4 Å². The van der Waals surface area contributed by atoms with Crippen LogP contribution in [0.2, 0.25) is 6.55 Å². The molecule has 0 saturated carbocycles. The highest BCUT2D eigenvalue weighted by atomic mass is 28.3. The Morgan fingerprint density at radius 2 is 1.84 bits per heavy atom. The summed E-state index contributed by atoms with van der Waals surface area (Å²) >= 11 is 0. The van der Waals surface area contributed by atoms with E-state index >= 15 is 0 Å². The van der Waals surface area contributed by atoms with Gasteiger partial charge in [-0.05, 0) is 66.1 Å². The summed E-state index contributed by atoms with van der Waals surface area (Å²) < 4.78 is 13.4. The summed E-state index contributed by atoms with van der Waals surface area (Å²) in [5.41, 5.74) is 4.09. The predicted molar refractivity (Wildman–Crippen MR) is 145 cm³/mol. The molecule has 1 aliphatic rings. The van der Waals surface area contributed by atoms with E-state index in [2.05, 4.69) is 53.9 Å². The number of hydrogen-bond donors (Lipinski definition) is 1. The summed E-state index contributed by atoms with van der Waals surface area (Å²) in [5, 5.41) is 24.0. The van der Waals surface area contributed by atoms with Gasteiger partial charge in [-0.1, -0.05) is 6.07 Å². The first-order valence-electron chi connectivity index (χ1n) is 12.4. The third-order valence-corrected chi connectivity index (χ3v) is 7.64. The average molecular weight is 527 g/mol. The highest BCUT2D eigenvalue weighted by Crippen LogP contribution is 2.33. The van der Waals surface area contributed by atoms with E-state index in [0.29, 0.717) is 23.4 Å². The van der Waals surface area contributed by atoms with Crippen molar-refractivity contribution in [3.8, 4) is 28.7 Å². The van der Waals surface area contributed by atoms with Gasteiger partial charge >= 0.3 is 0 Å². The number of piperidine rings is 1. The van der Waals surface area contributed by atoms with Gasteiger partial charge in [0, 0.05) is 42.8 Å². The molecule has 3 heterocycles. The van der Waals surface area contributed by atoms with E-state index in [1.54, 1.807) is 36.6 Å². The molecule has 2 aromatic heterocycles. The lowest BCUT2D eigenvalue weighted by molar-refractivity contribution is 0.416. The second-order valence-corrected chi connectivity index (χ2v) is 10.9. The maximum Gasteiger partial charge on any atom is 0.300 e. The van der Waals surface area contributed by atoms with Crippen molar-refractivity contribution in [2.75, 3.05) is 30.4 Å². The van der Waals surface area contributed by atoms with Crippen molar-refractivity contribution in [1.82, 2.24) is 30.2 Å². The first-order chi connectivity index (χ1) is 18.6. The monoisotopic (exact) mass is 526 g/mol. The lowest BCUT2D eigenvalue weighted by Crippen LogP contribution is -2.29. The number of tetrazole rings is 1. The normalized spacial score (nSPS) is 13.3. The van der Waals surface area contributed by atoms with E-state index < -0.39 is 9.04 Å². The molecule has 1 aliphatic heterocycles. The van der Waals surface area contributed by atoms with E-state index in [1.165, 1.54) is 19.3 Å². The Balaban J connectivity index is 1.29. The maximum atomic E-state index is 9.56. The van der Waals surface area contributed by atoms with Gasteiger partial charge in [0.05, 0.1) is 24.5 Å². The molecular weight excluding hydrogens is 498 g/mol. The molecule has 0 aliphatic carbocycles. The summed E-state index contributed by atoms with van der Waals surface area (Å²) in [7, 11) is 0.329. The quantitative estimate of drug-likeness (QED) is 0.320. The molecule has 1 fully saturated rings. The molecule has 2 aromatic carbocycles. The van der Waals surface area contributed by atoms with Crippen LogP contribution in [-0.4, -0.2) is 59.4 Å². The molecule has 0 amide bonds. The Morgan fingerprint density at radius 3 is 2.55 bits per heavy atom. The van der Waals surface area contributed by atoms with Gasteiger partial charge in [0.15, 0.2) is 0 Å². The highest BCUT2D eigenvalue weighted by Gasteiger charge is 2.16. The number of nitriles is 1. The minimum absolute atomic E-state index is 0.461. The van der Waals surface area contributed by atoms with Crippen molar-refractivity contribution in [3.05, 3.63) is 60.7 Å². The first kappa shape index (κ1) is 25.2. The minimum atomic E-state index is -1.34. The summed E-state index contributed by atoms with van der Waals surface area (Å²) in [4.78, 5) is 11.4. The molecule has 1 radical (unpaired) electrons. The second-order valence-electron chi connectivity index (χ2n) is 8.99. The van der Waals surface area contributed by atoms with Crippen LogP contribution in [0.15, 0.2) is 55.1 Å². The molecule has 1 N–H and O–H groups in total. The number of ether oxygens (including phenoxy) is 1. The fourth-order valence-corrected chi connectivity index (χ4v) is 5.58. The van der Waals surface area contributed by atoms with Crippen molar-refractivity contribution in [3.63, 3.8) is 0 Å². The van der Waals surface area contributed by atoms with Gasteiger partial charge in [-0.2, -0.15) is 5.26 Å². The van der Waals surface area contributed by atoms with Gasteiger partial charge in [0.25, 0.3) is 9.04 Å². The number of hydrogen-bond acceptors (Lipinski definition) is 10. The van der Waals surface area contributed by atoms with Crippen LogP contribution in [0.4, 0.5) is 17.3 Å². The zero-order valence-corrected chi connectivity index (χ0v) is 22.3. The number of methoxy groups -OCH3 is 1. The third kappa shape index (κ3) is 5.89. The first-order valence-corrected chi connectivity index (χ1v) is 14.5. The largest absolute Gasteiger partial charge is 0.539 e. The molecule has 1 saturated heterocycles. The van der Waals surface area contributed by atoms with Crippen molar-refractivity contribution in [1.29, 1.82) is 5.26 Å². The van der Waals surface area contributed by atoms with Crippen LogP contribution in [-0.2, 0) is 6.17 Å². The molecule has 4 aromatic rings. The number of aromatic nitrogens is 6. The van der Waals surface area contributed by atoms with Gasteiger partial charge in [-0.3, -0.25) is 0 Å². The minimum Gasteiger partial charge on any atom is -0.539 e. The Bertz CT molecular complexity index is 1400. The predicted octanol–water partition coefficient (Wildman–Crippen LogP) is 3.98. The summed E-state index contributed by atoms with van der Waals surface area (Å²) in [6.45, 7) is 4.14. The van der Waals surface area contributed by atoms with Crippen molar-refractivity contribution in [2.45, 2.75) is 32.0 Å². The molecule has 38 heavy (non-hydrogen) atoms. The van der Waals surface area contributed by atoms with Gasteiger partial charge in [-0.15, -0.1) is 5.10 Å². The lowest BCUT2D eigenvalue weighted by atomic mass is 10.1. The summed E-state index contributed by atoms with van der Waals surface area (Å²) in [5.74, 6) is 1.73. The van der Waals surface area contributed by atoms with Crippen LogP contribution in [0.25, 0.3) is 11.1 Å². The van der Waals surface area contributed by atoms with Crippen LogP contribution in [0.5, 0.6) is 11.5 Å². The molecule has 0 atom stereocenters. The third-order valence-electron chi connectivity index (χ3n) is 6.30. The van der Waals surface area contributed by atoms with Gasteiger partial charge in [0.2, 0.25) is 5.95 Å². The van der Waals surface area contributed by atoms with E-state index in [9.17, 15) is 5.26 Å². The van der Waals surface area contributed by atoms with Gasteiger partial charge in [-0.25, -0.2) is 14.6 Å². The molecular formula is C26H28N9O2Si. The van der Waals surface area contributed by atoms with Crippen LogP contribution >= 0.6 is 0 Å². The summed E-state index contributed by atoms with van der Waals surface area (Å²) in [6.07, 6.45) is 9.32. The molecule has 193 valence electrons. The zero-order chi connectivity index (χ0) is 26.3. The molecule has 0 spiro atoms. The van der Waals surface area contributed by atoms with Gasteiger partial charge in [0.1, 0.15) is 23.9 Å². The number of anilines is 3. The Morgan fingerprint density at radius 1 is 1.03 bits per heavy atom. The molecule has 11 nitrogen and oxygen atoms in total. The summed E-state index contributed by atoms with van der Waals surface area (Å²) in [6, 6.07) is 13.8. The zero-order valence-electron chi connectivity index (χ0n) is 21.3. The number of nitrogens with one attached hydrogen (secondary N) is 1. The molecule has 0 bridgehead atoms. The van der Waals surface area contributed by atoms with E-state index in [1.807, 2.05) is 24.7 Å². The maximum absolute atomic E-state index is 9.56. The fourth-order valence-electron chi connectivity index (χ4n) is 4.37. The van der Waals surface area contributed by atoms with Crippen LogP contribution < -0.4 is 19.4 Å². The van der Waals surface area contributed by atoms with Crippen molar-refractivity contribution in [2.24, 2.45) is 0 Å². The Kier molecular flexibility index (Phi) is 7.75. The van der Waals surface area contributed by atoms with E-state index in [0.717, 1.165) is 41.3 Å². The number of benzene rings is 2. The second kappa shape index (κ2) is 11.7. The van der Waals surface area contributed by atoms with E-state index in [4.69, 9.17) is 9.16 Å². The number of nitrogens with zero attached hydrogens (tertiary/aromatic N) is 8. The van der Waals surface area contributed by atoms with Crippen LogP contribution in [0.1, 0.15) is 24.8 Å². The average Bonchev–Trinajstić information content (AvgIpc) is 3.47. The lowest BCUT2D eigenvalue weighted by Gasteiger charge is -2.29. The highest BCUT2D eigenvalue weighted by molar-refractivity contribution is 6.49. The molecule has 0 unspecified atom stereocenters. The topological polar surface area (TPSA) is 127 Å². The number of rotatable bonds is 9. The van der Waals surface area contributed by atoms with E-state index in [-0.39, 0.29) is 0 Å². The Labute approximate surface area is 222 Å². The smallest absolute Gasteiger partial charge is 0.300 e.